The maximum absolute atomic E-state index is 13.7. The minimum absolute atomic E-state index is 0.00141. The number of rotatable bonds is 4. The highest BCUT2D eigenvalue weighted by Gasteiger charge is 2.25. The molecule has 0 radical (unpaired) electrons. The van der Waals surface area contributed by atoms with Crippen molar-refractivity contribution in [3.05, 3.63) is 89.4 Å². The Bertz CT molecular complexity index is 1300. The molecule has 2 heterocycles. The van der Waals surface area contributed by atoms with Crippen LogP contribution in [0.2, 0.25) is 5.02 Å². The predicted octanol–water partition coefficient (Wildman–Crippen LogP) is 5.53. The molecule has 0 atom stereocenters. The van der Waals surface area contributed by atoms with Crippen LogP contribution in [0.3, 0.4) is 0 Å². The number of carbonyl (C=O) groups is 1. The number of para-hydroxylation sites is 2. The zero-order chi connectivity index (χ0) is 22.8. The lowest BCUT2D eigenvalue weighted by Gasteiger charge is -2.36. The Morgan fingerprint density at radius 1 is 0.909 bits per heavy atom. The van der Waals surface area contributed by atoms with Crippen LogP contribution in [0.1, 0.15) is 10.4 Å². The van der Waals surface area contributed by atoms with Gasteiger partial charge in [-0.3, -0.25) is 4.79 Å². The summed E-state index contributed by atoms with van der Waals surface area (Å²) in [7, 11) is 1.68. The van der Waals surface area contributed by atoms with E-state index in [1.165, 1.54) is 0 Å². The number of nitrogens with zero attached hydrogens (tertiary/aromatic N) is 3. The third-order valence-corrected chi connectivity index (χ3v) is 6.30. The molecule has 33 heavy (non-hydrogen) atoms. The van der Waals surface area contributed by atoms with Crippen LogP contribution in [0.25, 0.3) is 22.2 Å². The van der Waals surface area contributed by atoms with Crippen molar-refractivity contribution in [1.29, 1.82) is 0 Å². The summed E-state index contributed by atoms with van der Waals surface area (Å²) in [6.07, 6.45) is 0. The van der Waals surface area contributed by atoms with Crippen LogP contribution in [0.15, 0.2) is 78.9 Å². The third-order valence-electron chi connectivity index (χ3n) is 6.06. The molecule has 1 saturated heterocycles. The molecule has 0 bridgehead atoms. The fourth-order valence-corrected chi connectivity index (χ4v) is 4.52. The van der Waals surface area contributed by atoms with E-state index in [9.17, 15) is 4.79 Å². The maximum Gasteiger partial charge on any atom is 0.254 e. The second kappa shape index (κ2) is 9.12. The summed E-state index contributed by atoms with van der Waals surface area (Å²) in [5.41, 5.74) is 4.20. The van der Waals surface area contributed by atoms with Gasteiger partial charge in [-0.2, -0.15) is 0 Å². The van der Waals surface area contributed by atoms with E-state index in [0.717, 1.165) is 46.7 Å². The van der Waals surface area contributed by atoms with Crippen LogP contribution in [0.5, 0.6) is 5.75 Å². The number of benzene rings is 3. The quantitative estimate of drug-likeness (QED) is 0.404. The number of hydrogen-bond donors (Lipinski definition) is 0. The van der Waals surface area contributed by atoms with Gasteiger partial charge in [-0.1, -0.05) is 54.1 Å². The lowest BCUT2D eigenvalue weighted by atomic mass is 10.0. The van der Waals surface area contributed by atoms with Crippen molar-refractivity contribution in [3.8, 4) is 17.0 Å². The molecule has 1 fully saturated rings. The normalized spacial score (nSPS) is 13.9. The van der Waals surface area contributed by atoms with Crippen molar-refractivity contribution < 1.29 is 9.53 Å². The highest BCUT2D eigenvalue weighted by Crippen LogP contribution is 2.30. The van der Waals surface area contributed by atoms with Gasteiger partial charge in [0.1, 0.15) is 5.75 Å². The zero-order valence-electron chi connectivity index (χ0n) is 18.4. The van der Waals surface area contributed by atoms with Crippen LogP contribution >= 0.6 is 11.6 Å². The van der Waals surface area contributed by atoms with E-state index < -0.39 is 0 Å². The van der Waals surface area contributed by atoms with E-state index in [4.69, 9.17) is 21.3 Å². The Morgan fingerprint density at radius 3 is 2.39 bits per heavy atom. The van der Waals surface area contributed by atoms with Crippen LogP contribution in [0, 0.1) is 0 Å². The average molecular weight is 458 g/mol. The van der Waals surface area contributed by atoms with Gasteiger partial charge in [0, 0.05) is 42.2 Å². The second-order valence-corrected chi connectivity index (χ2v) is 8.47. The monoisotopic (exact) mass is 457 g/mol. The van der Waals surface area contributed by atoms with Crippen molar-refractivity contribution in [2.75, 3.05) is 38.2 Å². The van der Waals surface area contributed by atoms with Crippen molar-refractivity contribution in [1.82, 2.24) is 9.88 Å². The first kappa shape index (κ1) is 21.3. The molecule has 166 valence electrons. The molecule has 0 N–H and O–H groups in total. The van der Waals surface area contributed by atoms with E-state index in [-0.39, 0.29) is 5.91 Å². The van der Waals surface area contributed by atoms with Crippen molar-refractivity contribution in [2.24, 2.45) is 0 Å². The van der Waals surface area contributed by atoms with E-state index in [2.05, 4.69) is 11.0 Å². The summed E-state index contributed by atoms with van der Waals surface area (Å²) in [5.74, 6) is 0.848. The van der Waals surface area contributed by atoms with Crippen LogP contribution in [0.4, 0.5) is 5.69 Å². The third kappa shape index (κ3) is 4.24. The first-order chi connectivity index (χ1) is 16.1. The molecule has 0 spiro atoms. The standard InChI is InChI=1S/C27H24ClN3O2/c1-33-26-10-6-5-9-25(26)30-13-15-31(16-14-30)27(32)22-18-24(19-7-3-2-4-8-19)29-23-12-11-20(28)17-21(22)23/h2-12,17-18H,13-16H2,1H3. The van der Waals surface area contributed by atoms with E-state index in [1.807, 2.05) is 77.7 Å². The molecule has 0 saturated carbocycles. The Morgan fingerprint density at radius 2 is 1.64 bits per heavy atom. The molecule has 1 amide bonds. The predicted molar refractivity (Wildman–Crippen MR) is 133 cm³/mol. The number of anilines is 1. The molecule has 0 aliphatic carbocycles. The topological polar surface area (TPSA) is 45.7 Å². The van der Waals surface area contributed by atoms with Gasteiger partial charge in [0.15, 0.2) is 0 Å². The number of halogens is 1. The fourth-order valence-electron chi connectivity index (χ4n) is 4.34. The lowest BCUT2D eigenvalue weighted by molar-refractivity contribution is 0.0748. The van der Waals surface area contributed by atoms with Crippen LogP contribution < -0.4 is 9.64 Å². The molecular weight excluding hydrogens is 434 g/mol. The minimum Gasteiger partial charge on any atom is -0.495 e. The molecule has 5 rings (SSSR count). The number of piperazine rings is 1. The van der Waals surface area contributed by atoms with Crippen molar-refractivity contribution in [2.45, 2.75) is 0 Å². The van der Waals surface area contributed by atoms with E-state index >= 15 is 0 Å². The zero-order valence-corrected chi connectivity index (χ0v) is 19.1. The summed E-state index contributed by atoms with van der Waals surface area (Å²) in [5, 5.41) is 1.37. The van der Waals surface area contributed by atoms with Gasteiger partial charge in [-0.05, 0) is 36.4 Å². The van der Waals surface area contributed by atoms with Gasteiger partial charge in [-0.25, -0.2) is 4.98 Å². The number of carbonyl (C=O) groups excluding carboxylic acids is 1. The first-order valence-electron chi connectivity index (χ1n) is 11.0. The molecule has 6 heteroatoms. The summed E-state index contributed by atoms with van der Waals surface area (Å²) in [4.78, 5) is 22.7. The van der Waals surface area contributed by atoms with Gasteiger partial charge >= 0.3 is 0 Å². The number of fused-ring (bicyclic) bond motifs is 1. The largest absolute Gasteiger partial charge is 0.495 e. The number of pyridine rings is 1. The molecule has 1 aliphatic rings. The summed E-state index contributed by atoms with van der Waals surface area (Å²) >= 11 is 6.28. The Labute approximate surface area is 198 Å². The highest BCUT2D eigenvalue weighted by atomic mass is 35.5. The van der Waals surface area contributed by atoms with Gasteiger partial charge < -0.3 is 14.5 Å². The Balaban J connectivity index is 1.45. The molecule has 3 aromatic carbocycles. The minimum atomic E-state index is 0.00141. The van der Waals surface area contributed by atoms with Gasteiger partial charge in [0.05, 0.1) is 29.6 Å². The molecule has 1 aliphatic heterocycles. The summed E-state index contributed by atoms with van der Waals surface area (Å²) in [6, 6.07) is 25.3. The van der Waals surface area contributed by atoms with Gasteiger partial charge in [0.2, 0.25) is 0 Å². The SMILES string of the molecule is COc1ccccc1N1CCN(C(=O)c2cc(-c3ccccc3)nc3ccc(Cl)cc23)CC1. The highest BCUT2D eigenvalue weighted by molar-refractivity contribution is 6.31. The van der Waals surface area contributed by atoms with Crippen molar-refractivity contribution >= 4 is 34.1 Å². The number of amides is 1. The van der Waals surface area contributed by atoms with E-state index in [0.29, 0.717) is 23.7 Å². The average Bonchev–Trinajstić information content (AvgIpc) is 2.88. The number of ether oxygens (including phenoxy) is 1. The number of aromatic nitrogens is 1. The number of methoxy groups -OCH3 is 1. The lowest BCUT2D eigenvalue weighted by Crippen LogP contribution is -2.49. The molecular formula is C27H24ClN3O2. The van der Waals surface area contributed by atoms with Crippen LogP contribution in [-0.4, -0.2) is 49.1 Å². The summed E-state index contributed by atoms with van der Waals surface area (Å²) < 4.78 is 5.52. The Kier molecular flexibility index (Phi) is 5.88. The Hall–Kier alpha value is -3.57. The number of hydrogen-bond acceptors (Lipinski definition) is 4. The molecule has 0 unspecified atom stereocenters. The van der Waals surface area contributed by atoms with Gasteiger partial charge in [0.25, 0.3) is 5.91 Å². The second-order valence-electron chi connectivity index (χ2n) is 8.03. The van der Waals surface area contributed by atoms with Crippen LogP contribution in [-0.2, 0) is 0 Å². The molecule has 1 aromatic heterocycles. The van der Waals surface area contributed by atoms with E-state index in [1.54, 1.807) is 7.11 Å². The first-order valence-corrected chi connectivity index (χ1v) is 11.3. The van der Waals surface area contributed by atoms with Crippen molar-refractivity contribution in [3.63, 3.8) is 0 Å². The summed E-state index contributed by atoms with van der Waals surface area (Å²) in [6.45, 7) is 2.73. The molecule has 4 aromatic rings. The molecule has 5 nitrogen and oxygen atoms in total. The fraction of sp³-hybridized carbons (Fsp3) is 0.185. The van der Waals surface area contributed by atoms with Gasteiger partial charge in [-0.15, -0.1) is 0 Å². The maximum atomic E-state index is 13.7. The smallest absolute Gasteiger partial charge is 0.254 e.